The second-order valence-electron chi connectivity index (χ2n) is 11.8. The molecule has 0 saturated carbocycles. The van der Waals surface area contributed by atoms with Crippen LogP contribution in [0.3, 0.4) is 0 Å². The van der Waals surface area contributed by atoms with Crippen LogP contribution in [0.25, 0.3) is 54.6 Å². The lowest BCUT2D eigenvalue weighted by molar-refractivity contribution is 0.729. The summed E-state index contributed by atoms with van der Waals surface area (Å²) >= 11 is 0. The van der Waals surface area contributed by atoms with Crippen LogP contribution in [-0.2, 0) is 0 Å². The molecule has 0 radical (unpaired) electrons. The van der Waals surface area contributed by atoms with Gasteiger partial charge in [-0.2, -0.15) is 0 Å². The Morgan fingerprint density at radius 2 is 1.03 bits per heavy atom. The second-order valence-corrected chi connectivity index (χ2v) is 17.1. The fourth-order valence-electron chi connectivity index (χ4n) is 5.70. The summed E-state index contributed by atoms with van der Waals surface area (Å²) in [6.07, 6.45) is 0. The summed E-state index contributed by atoms with van der Waals surface area (Å²) in [5.74, 6) is 0. The molecule has 0 nitrogen and oxygen atoms in total. The second kappa shape index (κ2) is 8.71. The molecule has 0 heterocycles. The fraction of sp³-hybridized carbons (Fsp3) is 0.167. The minimum Gasteiger partial charge on any atom is -0.0650 e. The molecule has 0 atom stereocenters. The average molecular weight is 495 g/mol. The largest absolute Gasteiger partial charge is 0.0867 e. The third-order valence-electron chi connectivity index (χ3n) is 8.74. The highest BCUT2D eigenvalue weighted by molar-refractivity contribution is 6.93. The Morgan fingerprint density at radius 1 is 0.459 bits per heavy atom. The number of hydrogen-bond donors (Lipinski definition) is 0. The van der Waals surface area contributed by atoms with E-state index in [1.807, 2.05) is 0 Å². The van der Waals surface area contributed by atoms with Crippen LogP contribution < -0.4 is 5.19 Å². The molecule has 0 saturated heterocycles. The van der Waals surface area contributed by atoms with Gasteiger partial charge in [0.15, 0.2) is 0 Å². The van der Waals surface area contributed by atoms with Crippen LogP contribution >= 0.6 is 0 Å². The summed E-state index contributed by atoms with van der Waals surface area (Å²) in [5.41, 5.74) is 5.36. The van der Waals surface area contributed by atoms with E-state index in [1.165, 1.54) is 59.8 Å². The van der Waals surface area contributed by atoms with Gasteiger partial charge >= 0.3 is 0 Å². The van der Waals surface area contributed by atoms with Gasteiger partial charge in [-0.25, -0.2) is 0 Å². The molecule has 182 valence electrons. The number of fused-ring (bicyclic) bond motifs is 4. The van der Waals surface area contributed by atoms with E-state index in [4.69, 9.17) is 0 Å². The Bertz CT molecular complexity index is 1770. The third-order valence-corrected chi connectivity index (χ3v) is 14.2. The molecule has 0 unspecified atom stereocenters. The molecule has 0 aromatic heterocycles. The maximum Gasteiger partial charge on any atom is 0.0867 e. The van der Waals surface area contributed by atoms with Gasteiger partial charge in [0.2, 0.25) is 0 Å². The van der Waals surface area contributed by atoms with Gasteiger partial charge < -0.3 is 0 Å². The minimum absolute atomic E-state index is 0.218. The summed E-state index contributed by atoms with van der Waals surface area (Å²) in [7, 11) is -1.88. The van der Waals surface area contributed by atoms with Gasteiger partial charge in [0.05, 0.1) is 8.07 Å². The Kier molecular flexibility index (Phi) is 5.58. The molecule has 0 aliphatic heterocycles. The normalized spacial score (nSPS) is 12.5. The Labute approximate surface area is 221 Å². The smallest absolute Gasteiger partial charge is 0.0650 e. The van der Waals surface area contributed by atoms with Crippen molar-refractivity contribution in [2.24, 2.45) is 0 Å². The van der Waals surface area contributed by atoms with Gasteiger partial charge in [-0.05, 0) is 59.6 Å². The van der Waals surface area contributed by atoms with Crippen LogP contribution in [0.1, 0.15) is 20.8 Å². The molecule has 6 aromatic rings. The first-order chi connectivity index (χ1) is 17.8. The number of hydrogen-bond acceptors (Lipinski definition) is 0. The first kappa shape index (κ1) is 23.7. The maximum atomic E-state index is 2.54. The van der Waals surface area contributed by atoms with Crippen molar-refractivity contribution in [1.29, 1.82) is 0 Å². The molecule has 0 fully saturated rings. The molecule has 6 aromatic carbocycles. The molecule has 0 amide bonds. The van der Waals surface area contributed by atoms with E-state index in [1.54, 1.807) is 0 Å². The third kappa shape index (κ3) is 3.81. The molecule has 1 heteroatoms. The van der Waals surface area contributed by atoms with E-state index in [0.29, 0.717) is 0 Å². The summed E-state index contributed by atoms with van der Waals surface area (Å²) in [6, 6.07) is 42.8. The lowest BCUT2D eigenvalue weighted by Gasteiger charge is -2.39. The monoisotopic (exact) mass is 494 g/mol. The van der Waals surface area contributed by atoms with E-state index in [2.05, 4.69) is 149 Å². The molecule has 0 aliphatic rings. The van der Waals surface area contributed by atoms with Gasteiger partial charge in [-0.1, -0.05) is 154 Å². The average Bonchev–Trinajstić information content (AvgIpc) is 2.91. The molecular weight excluding hydrogens is 460 g/mol. The van der Waals surface area contributed by atoms with Crippen molar-refractivity contribution in [1.82, 2.24) is 0 Å². The van der Waals surface area contributed by atoms with Crippen LogP contribution in [0.2, 0.25) is 18.1 Å². The van der Waals surface area contributed by atoms with Crippen molar-refractivity contribution in [3.05, 3.63) is 115 Å². The van der Waals surface area contributed by atoms with Gasteiger partial charge in [0.25, 0.3) is 0 Å². The van der Waals surface area contributed by atoms with E-state index in [9.17, 15) is 0 Å². The molecular formula is C36H34Si. The van der Waals surface area contributed by atoms with Gasteiger partial charge in [0, 0.05) is 0 Å². The van der Waals surface area contributed by atoms with E-state index in [0.717, 1.165) is 0 Å². The van der Waals surface area contributed by atoms with E-state index < -0.39 is 8.07 Å². The van der Waals surface area contributed by atoms with Crippen LogP contribution in [-0.4, -0.2) is 8.07 Å². The van der Waals surface area contributed by atoms with Crippen LogP contribution in [0.4, 0.5) is 0 Å². The predicted molar refractivity (Wildman–Crippen MR) is 167 cm³/mol. The van der Waals surface area contributed by atoms with E-state index in [-0.39, 0.29) is 5.04 Å². The van der Waals surface area contributed by atoms with Crippen LogP contribution in [0.15, 0.2) is 115 Å². The molecule has 37 heavy (non-hydrogen) atoms. The van der Waals surface area contributed by atoms with Crippen molar-refractivity contribution in [2.75, 3.05) is 0 Å². The molecule has 0 bridgehead atoms. The van der Waals surface area contributed by atoms with Gasteiger partial charge in [0.1, 0.15) is 0 Å². The zero-order valence-corrected chi connectivity index (χ0v) is 23.5. The first-order valence-electron chi connectivity index (χ1n) is 13.3. The summed E-state index contributed by atoms with van der Waals surface area (Å²) in [4.78, 5) is 0. The number of benzene rings is 6. The lowest BCUT2D eigenvalue weighted by atomic mass is 9.87. The summed E-state index contributed by atoms with van der Waals surface area (Å²) in [5, 5.41) is 9.66. The highest BCUT2D eigenvalue weighted by Crippen LogP contribution is 2.44. The Balaban J connectivity index is 1.82. The SMILES string of the molecule is CC(C)(C)[Si](C)(C)c1ccc2c(ccc3ccccc32)c1-c1ccc2ccccc2c1-c1ccccc1. The topological polar surface area (TPSA) is 0 Å². The van der Waals surface area contributed by atoms with E-state index >= 15 is 0 Å². The van der Waals surface area contributed by atoms with Gasteiger partial charge in [-0.15, -0.1) is 0 Å². The Hall–Kier alpha value is -3.68. The van der Waals surface area contributed by atoms with Crippen molar-refractivity contribution < 1.29 is 0 Å². The van der Waals surface area contributed by atoms with Gasteiger partial charge in [-0.3, -0.25) is 0 Å². The minimum atomic E-state index is -1.88. The zero-order valence-electron chi connectivity index (χ0n) is 22.5. The number of rotatable bonds is 3. The Morgan fingerprint density at radius 3 is 1.73 bits per heavy atom. The zero-order chi connectivity index (χ0) is 25.8. The molecule has 0 N–H and O–H groups in total. The quantitative estimate of drug-likeness (QED) is 0.169. The highest BCUT2D eigenvalue weighted by Gasteiger charge is 2.39. The molecule has 0 spiro atoms. The highest BCUT2D eigenvalue weighted by atomic mass is 28.3. The summed E-state index contributed by atoms with van der Waals surface area (Å²) < 4.78 is 0. The van der Waals surface area contributed by atoms with Crippen molar-refractivity contribution in [3.8, 4) is 22.3 Å². The summed E-state index contributed by atoms with van der Waals surface area (Å²) in [6.45, 7) is 12.4. The van der Waals surface area contributed by atoms with Crippen molar-refractivity contribution in [3.63, 3.8) is 0 Å². The maximum absolute atomic E-state index is 2.54. The van der Waals surface area contributed by atoms with Crippen molar-refractivity contribution >= 4 is 45.6 Å². The van der Waals surface area contributed by atoms with Crippen molar-refractivity contribution in [2.45, 2.75) is 38.9 Å². The lowest BCUT2D eigenvalue weighted by Crippen LogP contribution is -2.50. The molecule has 0 aliphatic carbocycles. The van der Waals surface area contributed by atoms with Crippen LogP contribution in [0, 0.1) is 0 Å². The van der Waals surface area contributed by atoms with Crippen LogP contribution in [0.5, 0.6) is 0 Å². The standard InChI is InChI=1S/C36H34Si/c1-36(2,3)37(4,5)33-24-23-30-28-17-11-9-13-25(28)19-21-31(30)35(33)32-22-20-26-14-10-12-18-29(26)34(32)27-15-7-6-8-16-27/h6-24H,1-5H3. The molecule has 6 rings (SSSR count). The fourth-order valence-corrected chi connectivity index (χ4v) is 7.90. The first-order valence-corrected chi connectivity index (χ1v) is 16.3. The predicted octanol–water partition coefficient (Wildman–Crippen LogP) is 10.2.